The Bertz CT molecular complexity index is 3480. The molecule has 4 aromatic carbocycles. The van der Waals surface area contributed by atoms with Crippen LogP contribution in [0.2, 0.25) is 0 Å². The maximum absolute atomic E-state index is 14.8. The van der Waals surface area contributed by atoms with Crippen LogP contribution in [0.5, 0.6) is 5.75 Å². The van der Waals surface area contributed by atoms with Gasteiger partial charge in [-0.1, -0.05) is 66.7 Å². The number of imide groups is 1. The molecule has 6 atom stereocenters. The first-order chi connectivity index (χ1) is 38.0. The van der Waals surface area contributed by atoms with Crippen molar-refractivity contribution in [1.29, 1.82) is 0 Å². The van der Waals surface area contributed by atoms with Crippen molar-refractivity contribution in [2.45, 2.75) is 68.1 Å². The van der Waals surface area contributed by atoms with Crippen molar-refractivity contribution in [2.24, 2.45) is 5.73 Å². The molecule has 2 aliphatic heterocycles. The predicted octanol–water partition coefficient (Wildman–Crippen LogP) is 2.06. The Morgan fingerprint density at radius 2 is 1.31 bits per heavy atom. The zero-order valence-electron chi connectivity index (χ0n) is 41.9. The number of carboxylic acids is 3. The van der Waals surface area contributed by atoms with Crippen molar-refractivity contribution in [2.75, 3.05) is 17.2 Å². The second-order valence-corrected chi connectivity index (χ2v) is 19.5. The number of carboxylic acid groups (broad SMARTS) is 3. The van der Waals surface area contributed by atoms with Crippen molar-refractivity contribution in [3.63, 3.8) is 0 Å². The van der Waals surface area contributed by atoms with Crippen LogP contribution in [0.1, 0.15) is 41.3 Å². The van der Waals surface area contributed by atoms with Gasteiger partial charge in [0.1, 0.15) is 41.6 Å². The molecule has 416 valence electrons. The number of phenolic OH excluding ortho intramolecular Hbond substituents is 1. The number of amides is 7. The summed E-state index contributed by atoms with van der Waals surface area (Å²) in [7, 11) is 0. The predicted molar refractivity (Wildman–Crippen MR) is 281 cm³/mol. The van der Waals surface area contributed by atoms with Gasteiger partial charge in [0, 0.05) is 67.1 Å². The molecule has 23 nitrogen and oxygen atoms in total. The van der Waals surface area contributed by atoms with E-state index in [2.05, 4.69) is 26.6 Å². The van der Waals surface area contributed by atoms with Crippen LogP contribution in [0.4, 0.5) is 14.5 Å². The molecule has 7 amide bonds. The first-order valence-corrected chi connectivity index (χ1v) is 25.2. The summed E-state index contributed by atoms with van der Waals surface area (Å²) < 4.78 is 35.2. The van der Waals surface area contributed by atoms with E-state index in [1.165, 1.54) is 6.92 Å². The van der Waals surface area contributed by atoms with E-state index in [0.29, 0.717) is 27.8 Å². The molecule has 80 heavy (non-hydrogen) atoms. The van der Waals surface area contributed by atoms with Crippen molar-refractivity contribution >= 4 is 87.7 Å². The number of fused-ring (bicyclic) bond motifs is 2. The molecule has 26 heteroatoms. The number of halogens is 2. The number of carbonyl (C=O) groups is 10. The van der Waals surface area contributed by atoms with Crippen molar-refractivity contribution in [3.8, 4) is 28.2 Å². The van der Waals surface area contributed by atoms with Crippen LogP contribution in [0.15, 0.2) is 112 Å². The SMILES string of the molecule is CC(=O)N[C@@H](Cc1ccccc1)C(=O)N[C@@H](Cc1ccccc1)C(=O)NC[C@H](N)C(=O)N[C@@H](CC(=O)O)C(=O)N[C@@H](CSC1CC(=O)N(c2ccc(-c3c4cc(F)c(=O)cc-4oc4cc(O)c(F)cc34)c(C(=O)O)c2)C1=O)C(=O)O. The standard InChI is InChI=1S/C54H49F2N7O16S/c1-25(64)59-37(15-27-10-6-3-7-11-27)50(72)61-36(14-26-8-4-2-5-9-26)49(71)58-23-35(57)48(70)60-38(19-46(68)69)51(73)62-39(54(77)78)24-80-44-22-45(67)63(52(44)74)28-12-13-29(30(16-28)53(75)76)47-31-17-33(55)40(65)20-42(31)79-43-21-41(66)34(56)18-32(43)47/h2-13,16-18,20-21,35-39,44,65H,14-15,19,22-24,57H2,1H3,(H,58,71)(H,59,64)(H,60,70)(H,61,72)(H,62,73)(H,68,69)(H,75,76)(H,77,78)/t35-,36-,37-,38-,39-,44?/m0/s1. The number of benzene rings is 5. The molecule has 7 rings (SSSR count). The summed E-state index contributed by atoms with van der Waals surface area (Å²) in [5.41, 5.74) is 4.65. The average Bonchev–Trinajstić information content (AvgIpc) is 3.69. The minimum absolute atomic E-state index is 0.0493. The maximum atomic E-state index is 14.8. The van der Waals surface area contributed by atoms with Crippen LogP contribution < -0.4 is 42.6 Å². The molecule has 3 aliphatic rings. The Kier molecular flexibility index (Phi) is 18.4. The van der Waals surface area contributed by atoms with E-state index < -0.39 is 148 Å². The summed E-state index contributed by atoms with van der Waals surface area (Å²) in [5.74, 6) is -15.4. The van der Waals surface area contributed by atoms with Crippen LogP contribution in [0.25, 0.3) is 33.4 Å². The van der Waals surface area contributed by atoms with Gasteiger partial charge in [0.25, 0.3) is 0 Å². The van der Waals surface area contributed by atoms with E-state index in [1.54, 1.807) is 60.7 Å². The van der Waals surface area contributed by atoms with E-state index in [1.807, 2.05) is 0 Å². The van der Waals surface area contributed by atoms with Gasteiger partial charge in [0.2, 0.25) is 46.8 Å². The summed E-state index contributed by atoms with van der Waals surface area (Å²) in [6.45, 7) is 0.603. The Morgan fingerprint density at radius 3 is 1.91 bits per heavy atom. The lowest BCUT2D eigenvalue weighted by Crippen LogP contribution is -2.58. The minimum atomic E-state index is -1.96. The number of hydrogen-bond donors (Lipinski definition) is 10. The lowest BCUT2D eigenvalue weighted by molar-refractivity contribution is -0.143. The Morgan fingerprint density at radius 1 is 0.713 bits per heavy atom. The first kappa shape index (κ1) is 58.1. The van der Waals surface area contributed by atoms with Gasteiger partial charge in [-0.05, 0) is 41.0 Å². The van der Waals surface area contributed by atoms with Crippen LogP contribution in [0, 0.1) is 11.6 Å². The molecule has 11 N–H and O–H groups in total. The maximum Gasteiger partial charge on any atom is 0.336 e. The van der Waals surface area contributed by atoms with Gasteiger partial charge >= 0.3 is 17.9 Å². The monoisotopic (exact) mass is 1120 g/mol. The highest BCUT2D eigenvalue weighted by Gasteiger charge is 2.42. The van der Waals surface area contributed by atoms with E-state index in [9.17, 15) is 81.9 Å². The van der Waals surface area contributed by atoms with Gasteiger partial charge in [-0.15, -0.1) is 11.8 Å². The average molecular weight is 1120 g/mol. The first-order valence-electron chi connectivity index (χ1n) is 24.2. The quantitative estimate of drug-likeness (QED) is 0.0324. The fraction of sp³-hybridized carbons (Fsp3) is 0.241. The number of nitrogens with two attached hydrogens (primary N) is 1. The number of anilines is 1. The molecular formula is C54H49F2N7O16S. The van der Waals surface area contributed by atoms with Crippen molar-refractivity contribution < 1.29 is 81.6 Å². The summed E-state index contributed by atoms with van der Waals surface area (Å²) >= 11 is 0.595. The third-order valence-corrected chi connectivity index (χ3v) is 13.8. The summed E-state index contributed by atoms with van der Waals surface area (Å²) in [6.07, 6.45) is -1.62. The van der Waals surface area contributed by atoms with E-state index in [0.717, 1.165) is 42.5 Å². The van der Waals surface area contributed by atoms with Gasteiger partial charge in [-0.3, -0.25) is 43.2 Å². The van der Waals surface area contributed by atoms with Crippen LogP contribution in [-0.4, -0.2) is 127 Å². The summed E-state index contributed by atoms with van der Waals surface area (Å²) in [5, 5.41) is 50.6. The van der Waals surface area contributed by atoms with E-state index in [4.69, 9.17) is 10.2 Å². The normalized spacial score (nSPS) is 15.1. The van der Waals surface area contributed by atoms with Gasteiger partial charge in [0.15, 0.2) is 17.4 Å². The van der Waals surface area contributed by atoms with E-state index >= 15 is 0 Å². The number of aromatic hydroxyl groups is 1. The lowest BCUT2D eigenvalue weighted by atomic mass is 9.90. The molecule has 1 fully saturated rings. The van der Waals surface area contributed by atoms with Gasteiger partial charge in [0.05, 0.1) is 22.9 Å². The van der Waals surface area contributed by atoms with Crippen molar-refractivity contribution in [3.05, 3.63) is 142 Å². The summed E-state index contributed by atoms with van der Waals surface area (Å²) in [4.78, 5) is 143. The molecule has 1 aliphatic carbocycles. The highest BCUT2D eigenvalue weighted by atomic mass is 32.2. The smallest absolute Gasteiger partial charge is 0.336 e. The summed E-state index contributed by atoms with van der Waals surface area (Å²) in [6, 6.07) is 15.8. The van der Waals surface area contributed by atoms with Gasteiger partial charge in [-0.2, -0.15) is 0 Å². The van der Waals surface area contributed by atoms with Crippen LogP contribution >= 0.6 is 11.8 Å². The number of nitrogens with one attached hydrogen (secondary N) is 5. The Labute approximate surface area is 455 Å². The van der Waals surface area contributed by atoms with Crippen LogP contribution in [-0.2, 0) is 56.0 Å². The molecule has 0 bridgehead atoms. The van der Waals surface area contributed by atoms with Gasteiger partial charge < -0.3 is 57.2 Å². The van der Waals surface area contributed by atoms with Gasteiger partial charge in [-0.25, -0.2) is 23.3 Å². The zero-order chi connectivity index (χ0) is 58.1. The fourth-order valence-electron chi connectivity index (χ4n) is 8.65. The molecule has 2 heterocycles. The molecule has 0 spiro atoms. The molecule has 0 aromatic heterocycles. The molecule has 4 aromatic rings. The number of rotatable bonds is 23. The number of hydrogen-bond acceptors (Lipinski definition) is 15. The Hall–Kier alpha value is -9.56. The highest BCUT2D eigenvalue weighted by molar-refractivity contribution is 8.00. The lowest BCUT2D eigenvalue weighted by Gasteiger charge is -2.24. The molecule has 1 saturated heterocycles. The highest BCUT2D eigenvalue weighted by Crippen LogP contribution is 2.44. The second-order valence-electron chi connectivity index (χ2n) is 18.3. The third-order valence-electron chi connectivity index (χ3n) is 12.5. The Balaban J connectivity index is 1.00. The molecule has 0 radical (unpaired) electrons. The number of thioether (sulfide) groups is 1. The third kappa shape index (κ3) is 13.9. The molecule has 0 saturated carbocycles. The number of aliphatic carboxylic acids is 2. The van der Waals surface area contributed by atoms with Crippen molar-refractivity contribution in [1.82, 2.24) is 26.6 Å². The number of phenols is 1. The zero-order valence-corrected chi connectivity index (χ0v) is 42.7. The largest absolute Gasteiger partial charge is 0.505 e. The number of nitrogens with zero attached hydrogens (tertiary/aromatic N) is 1. The molecule has 1 unspecified atom stereocenters. The number of carbonyl (C=O) groups excluding carboxylic acids is 7. The topological polar surface area (TPSA) is 371 Å². The van der Waals surface area contributed by atoms with E-state index in [-0.39, 0.29) is 51.9 Å². The number of aromatic carboxylic acids is 1. The fourth-order valence-corrected chi connectivity index (χ4v) is 9.81. The molecular weight excluding hydrogens is 1070 g/mol. The minimum Gasteiger partial charge on any atom is -0.505 e. The van der Waals surface area contributed by atoms with Crippen LogP contribution in [0.3, 0.4) is 0 Å². The second kappa shape index (κ2) is 25.3.